The Morgan fingerprint density at radius 1 is 1.38 bits per heavy atom. The van der Waals surface area contributed by atoms with Crippen molar-refractivity contribution < 1.29 is 4.79 Å². The van der Waals surface area contributed by atoms with Crippen molar-refractivity contribution in [3.05, 3.63) is 45.8 Å². The maximum absolute atomic E-state index is 12.3. The zero-order valence-electron chi connectivity index (χ0n) is 12.4. The van der Waals surface area contributed by atoms with Gasteiger partial charge in [0.25, 0.3) is 0 Å². The molecule has 24 heavy (non-hydrogen) atoms. The van der Waals surface area contributed by atoms with Crippen molar-refractivity contribution in [2.24, 2.45) is 0 Å². The van der Waals surface area contributed by atoms with E-state index < -0.39 is 0 Å². The van der Waals surface area contributed by atoms with Crippen LogP contribution in [0.3, 0.4) is 0 Å². The molecule has 124 valence electrons. The summed E-state index contributed by atoms with van der Waals surface area (Å²) in [6, 6.07) is 8.82. The van der Waals surface area contributed by atoms with Crippen molar-refractivity contribution in [1.82, 2.24) is 15.2 Å². The topological polar surface area (TPSA) is 70.7 Å². The van der Waals surface area contributed by atoms with E-state index >= 15 is 0 Å². The lowest BCUT2D eigenvalue weighted by Gasteiger charge is -2.11. The largest absolute Gasteiger partial charge is 0.324 e. The van der Waals surface area contributed by atoms with Gasteiger partial charge in [0, 0.05) is 5.02 Å². The van der Waals surface area contributed by atoms with Crippen LogP contribution in [0.25, 0.3) is 10.7 Å². The van der Waals surface area contributed by atoms with Crippen molar-refractivity contribution in [2.75, 3.05) is 5.32 Å². The normalized spacial score (nSPS) is 12.1. The second-order valence-corrected chi connectivity index (χ2v) is 7.92. The second kappa shape index (κ2) is 7.57. The number of hydrogen-bond donors (Lipinski definition) is 2. The van der Waals surface area contributed by atoms with Crippen molar-refractivity contribution in [3.8, 4) is 10.7 Å². The van der Waals surface area contributed by atoms with Gasteiger partial charge in [-0.3, -0.25) is 9.89 Å². The Bertz CT molecular complexity index is 851. The molecule has 0 bridgehead atoms. The number of rotatable bonds is 5. The maximum Gasteiger partial charge on any atom is 0.237 e. The molecule has 2 heterocycles. The predicted molar refractivity (Wildman–Crippen MR) is 100 cm³/mol. The fraction of sp³-hybridized carbons (Fsp3) is 0.133. The third kappa shape index (κ3) is 4.10. The number of amides is 1. The smallest absolute Gasteiger partial charge is 0.237 e. The Hall–Kier alpha value is -1.54. The monoisotopic (exact) mass is 398 g/mol. The minimum Gasteiger partial charge on any atom is -0.324 e. The summed E-state index contributed by atoms with van der Waals surface area (Å²) in [6.07, 6.45) is 0. The first-order chi connectivity index (χ1) is 11.5. The quantitative estimate of drug-likeness (QED) is 0.595. The molecule has 2 N–H and O–H groups in total. The van der Waals surface area contributed by atoms with Crippen LogP contribution in [0, 0.1) is 0 Å². The highest BCUT2D eigenvalue weighted by Gasteiger charge is 2.18. The van der Waals surface area contributed by atoms with Crippen LogP contribution in [0.4, 0.5) is 5.69 Å². The Labute approximate surface area is 156 Å². The van der Waals surface area contributed by atoms with E-state index in [1.807, 2.05) is 17.5 Å². The van der Waals surface area contributed by atoms with E-state index in [2.05, 4.69) is 20.5 Å². The first-order valence-electron chi connectivity index (χ1n) is 6.92. The standard InChI is InChI=1S/C15H12Cl2N4OS2/c1-8(14(22)18-11-5-4-9(16)7-10(11)17)24-15-19-13(20-21-15)12-3-2-6-23-12/h2-8H,1H3,(H,18,22)(H,19,20,21)/t8-/m0/s1. The Morgan fingerprint density at radius 2 is 2.21 bits per heavy atom. The van der Waals surface area contributed by atoms with Crippen LogP contribution in [0.1, 0.15) is 6.92 Å². The second-order valence-electron chi connectivity index (χ2n) is 4.82. The van der Waals surface area contributed by atoms with E-state index in [4.69, 9.17) is 23.2 Å². The number of halogens is 2. The summed E-state index contributed by atoms with van der Waals surface area (Å²) in [4.78, 5) is 17.7. The lowest BCUT2D eigenvalue weighted by Crippen LogP contribution is -2.22. The van der Waals surface area contributed by atoms with Crippen molar-refractivity contribution in [2.45, 2.75) is 17.3 Å². The lowest BCUT2D eigenvalue weighted by molar-refractivity contribution is -0.115. The molecule has 9 heteroatoms. The molecular weight excluding hydrogens is 387 g/mol. The number of aromatic nitrogens is 3. The molecule has 0 spiro atoms. The van der Waals surface area contributed by atoms with Gasteiger partial charge in [0.2, 0.25) is 11.1 Å². The van der Waals surface area contributed by atoms with Gasteiger partial charge in [-0.05, 0) is 36.6 Å². The summed E-state index contributed by atoms with van der Waals surface area (Å²) in [6.45, 7) is 1.78. The predicted octanol–water partition coefficient (Wildman–Crippen LogP) is 4.96. The molecule has 1 amide bonds. The van der Waals surface area contributed by atoms with Gasteiger partial charge in [-0.2, -0.15) is 0 Å². The number of carbonyl (C=O) groups excluding carboxylic acids is 1. The summed E-state index contributed by atoms with van der Waals surface area (Å²) in [5, 5.41) is 12.8. The number of thioether (sulfide) groups is 1. The Morgan fingerprint density at radius 3 is 2.92 bits per heavy atom. The van der Waals surface area contributed by atoms with Crippen LogP contribution >= 0.6 is 46.3 Å². The fourth-order valence-corrected chi connectivity index (χ4v) is 3.70. The molecule has 0 aliphatic heterocycles. The zero-order valence-corrected chi connectivity index (χ0v) is 15.6. The molecule has 0 saturated carbocycles. The Kier molecular flexibility index (Phi) is 5.45. The molecule has 0 saturated heterocycles. The van der Waals surface area contributed by atoms with Crippen LogP contribution in [0.5, 0.6) is 0 Å². The minimum atomic E-state index is -0.385. The van der Waals surface area contributed by atoms with Crippen LogP contribution in [0.15, 0.2) is 40.9 Å². The zero-order chi connectivity index (χ0) is 17.1. The number of hydrogen-bond acceptors (Lipinski definition) is 5. The summed E-state index contributed by atoms with van der Waals surface area (Å²) in [5.74, 6) is 0.507. The van der Waals surface area contributed by atoms with Crippen LogP contribution in [-0.2, 0) is 4.79 Å². The highest BCUT2D eigenvalue weighted by molar-refractivity contribution is 8.00. The fourth-order valence-electron chi connectivity index (χ4n) is 1.86. The van der Waals surface area contributed by atoms with E-state index in [1.165, 1.54) is 11.8 Å². The number of carbonyl (C=O) groups is 1. The van der Waals surface area contributed by atoms with Gasteiger partial charge < -0.3 is 5.32 Å². The third-order valence-electron chi connectivity index (χ3n) is 3.06. The number of anilines is 1. The molecule has 0 radical (unpaired) electrons. The van der Waals surface area contributed by atoms with Gasteiger partial charge in [-0.1, -0.05) is 41.0 Å². The van der Waals surface area contributed by atoms with Crippen molar-refractivity contribution >= 4 is 57.9 Å². The molecule has 0 aliphatic carbocycles. The van der Waals surface area contributed by atoms with Crippen LogP contribution in [0.2, 0.25) is 10.0 Å². The highest BCUT2D eigenvalue weighted by Crippen LogP contribution is 2.28. The minimum absolute atomic E-state index is 0.188. The van der Waals surface area contributed by atoms with E-state index in [9.17, 15) is 4.79 Å². The first-order valence-corrected chi connectivity index (χ1v) is 9.43. The molecule has 1 atom stereocenters. The summed E-state index contributed by atoms with van der Waals surface area (Å²) in [5.41, 5.74) is 0.521. The molecule has 5 nitrogen and oxygen atoms in total. The average molecular weight is 399 g/mol. The van der Waals surface area contributed by atoms with E-state index in [1.54, 1.807) is 36.5 Å². The van der Waals surface area contributed by atoms with Crippen LogP contribution < -0.4 is 5.32 Å². The van der Waals surface area contributed by atoms with Gasteiger partial charge in [-0.25, -0.2) is 4.98 Å². The van der Waals surface area contributed by atoms with Gasteiger partial charge >= 0.3 is 0 Å². The molecule has 0 fully saturated rings. The number of thiophene rings is 1. The van der Waals surface area contributed by atoms with Gasteiger partial charge in [-0.15, -0.1) is 16.4 Å². The first kappa shape index (κ1) is 17.3. The van der Waals surface area contributed by atoms with Gasteiger partial charge in [0.1, 0.15) is 0 Å². The third-order valence-corrected chi connectivity index (χ3v) is 5.45. The SMILES string of the molecule is C[C@H](Sc1n[nH]c(-c2cccs2)n1)C(=O)Nc1ccc(Cl)cc1Cl. The molecule has 0 aliphatic rings. The summed E-state index contributed by atoms with van der Waals surface area (Å²) >= 11 is 14.8. The molecule has 3 aromatic rings. The Balaban J connectivity index is 1.64. The molecule has 2 aromatic heterocycles. The molecule has 0 unspecified atom stereocenters. The average Bonchev–Trinajstić information content (AvgIpc) is 3.20. The molecule has 3 rings (SSSR count). The van der Waals surface area contributed by atoms with E-state index in [0.29, 0.717) is 26.7 Å². The van der Waals surface area contributed by atoms with E-state index in [0.717, 1.165) is 4.88 Å². The number of aromatic amines is 1. The number of nitrogens with zero attached hydrogens (tertiary/aromatic N) is 2. The van der Waals surface area contributed by atoms with Gasteiger partial charge in [0.15, 0.2) is 5.82 Å². The van der Waals surface area contributed by atoms with E-state index in [-0.39, 0.29) is 11.2 Å². The van der Waals surface area contributed by atoms with Crippen LogP contribution in [-0.4, -0.2) is 26.3 Å². The van der Waals surface area contributed by atoms with Gasteiger partial charge in [0.05, 0.1) is 20.8 Å². The number of H-pyrrole nitrogens is 1. The van der Waals surface area contributed by atoms with Crippen molar-refractivity contribution in [1.29, 1.82) is 0 Å². The maximum atomic E-state index is 12.3. The highest BCUT2D eigenvalue weighted by atomic mass is 35.5. The molecular formula is C15H12Cl2N4OS2. The lowest BCUT2D eigenvalue weighted by atomic mass is 10.3. The number of benzene rings is 1. The molecule has 1 aromatic carbocycles. The summed E-state index contributed by atoms with van der Waals surface area (Å²) in [7, 11) is 0. The number of nitrogens with one attached hydrogen (secondary N) is 2. The summed E-state index contributed by atoms with van der Waals surface area (Å²) < 4.78 is 0. The van der Waals surface area contributed by atoms with Crippen molar-refractivity contribution in [3.63, 3.8) is 0 Å².